The van der Waals surface area contributed by atoms with Crippen LogP contribution in [0.4, 0.5) is 4.39 Å². The Morgan fingerprint density at radius 1 is 1.22 bits per heavy atom. The molecule has 27 heavy (non-hydrogen) atoms. The van der Waals surface area contributed by atoms with Crippen molar-refractivity contribution in [1.82, 2.24) is 15.3 Å². The highest BCUT2D eigenvalue weighted by Crippen LogP contribution is 2.14. The molecule has 0 aliphatic rings. The summed E-state index contributed by atoms with van der Waals surface area (Å²) in [4.78, 5) is 30.5. The van der Waals surface area contributed by atoms with E-state index in [1.54, 1.807) is 30.3 Å². The maximum Gasteiger partial charge on any atom is 0.338 e. The van der Waals surface area contributed by atoms with Crippen molar-refractivity contribution in [3.05, 3.63) is 65.7 Å². The molecule has 1 atom stereocenters. The predicted octanol–water partition coefficient (Wildman–Crippen LogP) is 2.14. The molecule has 7 nitrogen and oxygen atoms in total. The van der Waals surface area contributed by atoms with Crippen molar-refractivity contribution in [3.8, 4) is 0 Å². The molecule has 0 bridgehead atoms. The summed E-state index contributed by atoms with van der Waals surface area (Å²) in [5.41, 5.74) is 1.50. The van der Waals surface area contributed by atoms with Gasteiger partial charge in [-0.1, -0.05) is 18.2 Å². The van der Waals surface area contributed by atoms with Crippen molar-refractivity contribution in [1.29, 1.82) is 0 Å². The number of H-pyrrole nitrogens is 1. The Morgan fingerprint density at radius 3 is 2.74 bits per heavy atom. The molecule has 3 N–H and O–H groups in total. The van der Waals surface area contributed by atoms with Crippen molar-refractivity contribution < 1.29 is 23.8 Å². The van der Waals surface area contributed by atoms with Crippen LogP contribution in [-0.4, -0.2) is 46.2 Å². The Morgan fingerprint density at radius 2 is 2.00 bits per heavy atom. The van der Waals surface area contributed by atoms with Crippen molar-refractivity contribution in [2.75, 3.05) is 13.2 Å². The minimum absolute atomic E-state index is 0.0306. The smallest absolute Gasteiger partial charge is 0.338 e. The number of imidazole rings is 1. The number of carboxylic acids is 1. The summed E-state index contributed by atoms with van der Waals surface area (Å²) < 4.78 is 18.3. The van der Waals surface area contributed by atoms with Gasteiger partial charge in [0.15, 0.2) is 0 Å². The number of aromatic nitrogens is 2. The highest BCUT2D eigenvalue weighted by Gasteiger charge is 2.19. The van der Waals surface area contributed by atoms with Gasteiger partial charge in [-0.25, -0.2) is 14.2 Å². The fourth-order valence-corrected chi connectivity index (χ4v) is 2.61. The molecular weight excluding hydrogens is 353 g/mol. The molecule has 0 unspecified atom stereocenters. The number of aliphatic carboxylic acids is 1. The summed E-state index contributed by atoms with van der Waals surface area (Å²) in [6, 6.07) is 11.7. The van der Waals surface area contributed by atoms with E-state index in [1.165, 1.54) is 18.2 Å². The zero-order valence-corrected chi connectivity index (χ0v) is 14.3. The Labute approximate surface area is 154 Å². The number of hydrogen-bond acceptors (Lipinski definition) is 5. The van der Waals surface area contributed by atoms with E-state index >= 15 is 0 Å². The largest absolute Gasteiger partial charge is 0.480 e. The van der Waals surface area contributed by atoms with Crippen LogP contribution in [0.5, 0.6) is 0 Å². The van der Waals surface area contributed by atoms with Crippen LogP contribution < -0.4 is 5.32 Å². The first-order valence-corrected chi connectivity index (χ1v) is 8.35. The molecule has 1 heterocycles. The maximum absolute atomic E-state index is 13.2. The SMILES string of the molecule is O=C(OCCN[C@H](Cc1nc2ccc(F)cc2[nH]1)C(=O)O)c1ccccc1. The first-order valence-electron chi connectivity index (χ1n) is 8.35. The van der Waals surface area contributed by atoms with Crippen LogP contribution in [0.25, 0.3) is 11.0 Å². The van der Waals surface area contributed by atoms with Gasteiger partial charge in [0.05, 0.1) is 16.6 Å². The van der Waals surface area contributed by atoms with E-state index in [9.17, 15) is 19.1 Å². The van der Waals surface area contributed by atoms with Crippen LogP contribution in [0.2, 0.25) is 0 Å². The number of fused-ring (bicyclic) bond motifs is 1. The van der Waals surface area contributed by atoms with Gasteiger partial charge in [-0.3, -0.25) is 4.79 Å². The van der Waals surface area contributed by atoms with Crippen molar-refractivity contribution in [2.24, 2.45) is 0 Å². The van der Waals surface area contributed by atoms with Crippen LogP contribution in [0.1, 0.15) is 16.2 Å². The number of nitrogens with one attached hydrogen (secondary N) is 2. The van der Waals surface area contributed by atoms with Gasteiger partial charge < -0.3 is 20.1 Å². The lowest BCUT2D eigenvalue weighted by molar-refractivity contribution is -0.139. The molecule has 3 aromatic rings. The van der Waals surface area contributed by atoms with Gasteiger partial charge in [-0.15, -0.1) is 0 Å². The molecule has 8 heteroatoms. The second-order valence-corrected chi connectivity index (χ2v) is 5.90. The minimum Gasteiger partial charge on any atom is -0.480 e. The number of halogens is 1. The Bertz CT molecular complexity index is 943. The molecule has 0 fully saturated rings. The van der Waals surface area contributed by atoms with E-state index < -0.39 is 23.8 Å². The lowest BCUT2D eigenvalue weighted by Gasteiger charge is -2.13. The fraction of sp³-hybridized carbons (Fsp3) is 0.211. The second-order valence-electron chi connectivity index (χ2n) is 5.90. The van der Waals surface area contributed by atoms with E-state index in [4.69, 9.17) is 4.74 Å². The van der Waals surface area contributed by atoms with Crippen LogP contribution in [0.15, 0.2) is 48.5 Å². The molecular formula is C19H18FN3O4. The van der Waals surface area contributed by atoms with Gasteiger partial charge in [-0.05, 0) is 30.3 Å². The first-order chi connectivity index (χ1) is 13.0. The number of rotatable bonds is 8. The molecule has 140 valence electrons. The summed E-state index contributed by atoms with van der Waals surface area (Å²) >= 11 is 0. The van der Waals surface area contributed by atoms with Gasteiger partial charge in [0.2, 0.25) is 0 Å². The van der Waals surface area contributed by atoms with Crippen molar-refractivity contribution >= 4 is 23.0 Å². The lowest BCUT2D eigenvalue weighted by atomic mass is 10.2. The number of benzene rings is 2. The average molecular weight is 371 g/mol. The Kier molecular flexibility index (Phi) is 5.77. The van der Waals surface area contributed by atoms with Crippen LogP contribution in [0, 0.1) is 5.82 Å². The molecule has 0 aliphatic carbocycles. The third-order valence-corrected chi connectivity index (χ3v) is 3.92. The number of carbonyl (C=O) groups is 2. The summed E-state index contributed by atoms with van der Waals surface area (Å²) in [5.74, 6) is -1.50. The summed E-state index contributed by atoms with van der Waals surface area (Å²) in [7, 11) is 0. The van der Waals surface area contributed by atoms with Gasteiger partial charge in [0.25, 0.3) is 0 Å². The van der Waals surface area contributed by atoms with Crippen LogP contribution in [-0.2, 0) is 16.0 Å². The van der Waals surface area contributed by atoms with E-state index in [2.05, 4.69) is 15.3 Å². The molecule has 0 aliphatic heterocycles. The van der Waals surface area contributed by atoms with Crippen LogP contribution >= 0.6 is 0 Å². The summed E-state index contributed by atoms with van der Waals surface area (Å²) in [5, 5.41) is 12.2. The van der Waals surface area contributed by atoms with Crippen molar-refractivity contribution in [3.63, 3.8) is 0 Å². The van der Waals surface area contributed by atoms with Gasteiger partial charge in [0.1, 0.15) is 24.3 Å². The highest BCUT2D eigenvalue weighted by atomic mass is 19.1. The monoisotopic (exact) mass is 371 g/mol. The lowest BCUT2D eigenvalue weighted by Crippen LogP contribution is -2.40. The third kappa shape index (κ3) is 4.89. The number of aromatic amines is 1. The first kappa shape index (κ1) is 18.5. The number of ether oxygens (including phenoxy) is 1. The second kappa shape index (κ2) is 8.41. The quantitative estimate of drug-likeness (QED) is 0.414. The molecule has 1 aromatic heterocycles. The number of carbonyl (C=O) groups excluding carboxylic acids is 1. The highest BCUT2D eigenvalue weighted by molar-refractivity contribution is 5.89. The predicted molar refractivity (Wildman–Crippen MR) is 95.9 cm³/mol. The number of carboxylic acid groups (broad SMARTS) is 1. The minimum atomic E-state index is -1.06. The van der Waals surface area contributed by atoms with Crippen molar-refractivity contribution in [2.45, 2.75) is 12.5 Å². The van der Waals surface area contributed by atoms with E-state index in [1.807, 2.05) is 0 Å². The Hall–Kier alpha value is -3.26. The van der Waals surface area contributed by atoms with E-state index in [-0.39, 0.29) is 19.6 Å². The number of hydrogen-bond donors (Lipinski definition) is 3. The Balaban J connectivity index is 1.53. The fourth-order valence-electron chi connectivity index (χ4n) is 2.61. The number of nitrogens with zero attached hydrogens (tertiary/aromatic N) is 1. The summed E-state index contributed by atoms with van der Waals surface area (Å²) in [6.07, 6.45) is 0.0816. The standard InChI is InChI=1S/C19H18FN3O4/c20-13-6-7-14-15(10-13)23-17(22-14)11-16(18(24)25)21-8-9-27-19(26)12-4-2-1-3-5-12/h1-7,10,16,21H,8-9,11H2,(H,22,23)(H,24,25)/t16-/m1/s1. The molecule has 3 rings (SSSR count). The summed E-state index contributed by atoms with van der Waals surface area (Å²) in [6.45, 7) is 0.202. The van der Waals surface area contributed by atoms with E-state index in [0.717, 1.165) is 0 Å². The zero-order valence-electron chi connectivity index (χ0n) is 14.3. The third-order valence-electron chi connectivity index (χ3n) is 3.92. The number of esters is 1. The molecule has 0 saturated heterocycles. The molecule has 0 radical (unpaired) electrons. The maximum atomic E-state index is 13.2. The van der Waals surface area contributed by atoms with Gasteiger partial charge in [-0.2, -0.15) is 0 Å². The van der Waals surface area contributed by atoms with Gasteiger partial charge in [0, 0.05) is 13.0 Å². The molecule has 0 saturated carbocycles. The molecule has 2 aromatic carbocycles. The van der Waals surface area contributed by atoms with Crippen LogP contribution in [0.3, 0.4) is 0 Å². The molecule has 0 spiro atoms. The average Bonchev–Trinajstić information content (AvgIpc) is 3.06. The topological polar surface area (TPSA) is 104 Å². The van der Waals surface area contributed by atoms with E-state index in [0.29, 0.717) is 22.4 Å². The normalized spacial score (nSPS) is 12.0. The zero-order chi connectivity index (χ0) is 19.2. The molecule has 0 amide bonds. The van der Waals surface area contributed by atoms with Gasteiger partial charge >= 0.3 is 11.9 Å².